The van der Waals surface area contributed by atoms with Crippen molar-refractivity contribution in [3.05, 3.63) is 53.7 Å². The SMILES string of the molecule is Cc1coc(-c2cc(NC(=O)c3ccn(C4CCCNC4)n3)ccc2C)n1.Cl. The smallest absolute Gasteiger partial charge is 0.276 e. The summed E-state index contributed by atoms with van der Waals surface area (Å²) in [4.78, 5) is 17.0. The number of amides is 1. The molecule has 1 aliphatic heterocycles. The number of hydrogen-bond acceptors (Lipinski definition) is 5. The molecule has 2 aromatic heterocycles. The van der Waals surface area contributed by atoms with Crippen molar-refractivity contribution in [1.29, 1.82) is 0 Å². The van der Waals surface area contributed by atoms with Crippen molar-refractivity contribution < 1.29 is 9.21 Å². The molecule has 1 aliphatic rings. The van der Waals surface area contributed by atoms with Crippen LogP contribution >= 0.6 is 12.4 Å². The molecule has 1 atom stereocenters. The zero-order chi connectivity index (χ0) is 18.8. The number of hydrogen-bond donors (Lipinski definition) is 2. The van der Waals surface area contributed by atoms with Crippen molar-refractivity contribution in [3.8, 4) is 11.5 Å². The molecular formula is C20H24ClN5O2. The molecule has 3 heterocycles. The molecule has 1 amide bonds. The van der Waals surface area contributed by atoms with E-state index in [9.17, 15) is 4.79 Å². The highest BCUT2D eigenvalue weighted by molar-refractivity contribution is 6.03. The van der Waals surface area contributed by atoms with Crippen LogP contribution in [-0.2, 0) is 0 Å². The Kier molecular flexibility index (Phi) is 6.16. The number of nitrogens with one attached hydrogen (secondary N) is 2. The lowest BCUT2D eigenvalue weighted by Crippen LogP contribution is -2.32. The van der Waals surface area contributed by atoms with E-state index in [4.69, 9.17) is 4.42 Å². The van der Waals surface area contributed by atoms with Crippen LogP contribution in [0.25, 0.3) is 11.5 Å². The van der Waals surface area contributed by atoms with E-state index in [1.165, 1.54) is 0 Å². The number of aromatic nitrogens is 3. The van der Waals surface area contributed by atoms with Crippen LogP contribution < -0.4 is 10.6 Å². The fourth-order valence-electron chi connectivity index (χ4n) is 3.32. The number of aryl methyl sites for hydroxylation is 2. The molecule has 0 radical (unpaired) electrons. The minimum Gasteiger partial charge on any atom is -0.444 e. The molecule has 0 bridgehead atoms. The highest BCUT2D eigenvalue weighted by atomic mass is 35.5. The Morgan fingerprint density at radius 3 is 2.89 bits per heavy atom. The van der Waals surface area contributed by atoms with Gasteiger partial charge >= 0.3 is 0 Å². The van der Waals surface area contributed by atoms with Crippen molar-refractivity contribution in [2.75, 3.05) is 18.4 Å². The van der Waals surface area contributed by atoms with Gasteiger partial charge in [0.05, 0.1) is 11.7 Å². The highest BCUT2D eigenvalue weighted by Crippen LogP contribution is 2.26. The summed E-state index contributed by atoms with van der Waals surface area (Å²) in [5.74, 6) is 0.325. The number of carbonyl (C=O) groups is 1. The van der Waals surface area contributed by atoms with E-state index in [0.29, 0.717) is 23.3 Å². The topological polar surface area (TPSA) is 85.0 Å². The van der Waals surface area contributed by atoms with Crippen molar-refractivity contribution in [1.82, 2.24) is 20.1 Å². The van der Waals surface area contributed by atoms with Gasteiger partial charge in [-0.2, -0.15) is 5.10 Å². The van der Waals surface area contributed by atoms with Crippen LogP contribution in [0, 0.1) is 13.8 Å². The second-order valence-electron chi connectivity index (χ2n) is 6.96. The number of piperidine rings is 1. The van der Waals surface area contributed by atoms with E-state index in [0.717, 1.165) is 42.8 Å². The molecular weight excluding hydrogens is 378 g/mol. The Morgan fingerprint density at radius 2 is 2.18 bits per heavy atom. The summed E-state index contributed by atoms with van der Waals surface area (Å²) in [6.45, 7) is 5.80. The third-order valence-electron chi connectivity index (χ3n) is 4.83. The van der Waals surface area contributed by atoms with E-state index in [1.54, 1.807) is 12.3 Å². The maximum Gasteiger partial charge on any atom is 0.276 e. The van der Waals surface area contributed by atoms with Gasteiger partial charge in [-0.05, 0) is 57.0 Å². The average molecular weight is 402 g/mol. The van der Waals surface area contributed by atoms with Crippen molar-refractivity contribution >= 4 is 24.0 Å². The van der Waals surface area contributed by atoms with Gasteiger partial charge in [-0.25, -0.2) is 4.98 Å². The minimum absolute atomic E-state index is 0. The Morgan fingerprint density at radius 1 is 1.32 bits per heavy atom. The molecule has 4 rings (SSSR count). The number of halogens is 1. The average Bonchev–Trinajstić information content (AvgIpc) is 3.33. The first kappa shape index (κ1) is 20.1. The minimum atomic E-state index is -0.226. The van der Waals surface area contributed by atoms with Gasteiger partial charge in [-0.1, -0.05) is 6.07 Å². The van der Waals surface area contributed by atoms with Crippen LogP contribution in [0.15, 0.2) is 41.1 Å². The number of oxazole rings is 1. The maximum atomic E-state index is 12.6. The van der Waals surface area contributed by atoms with Gasteiger partial charge in [-0.15, -0.1) is 12.4 Å². The molecule has 1 saturated heterocycles. The van der Waals surface area contributed by atoms with Gasteiger partial charge in [-0.3, -0.25) is 9.48 Å². The first-order valence-electron chi connectivity index (χ1n) is 9.20. The molecule has 148 valence electrons. The number of benzene rings is 1. The van der Waals surface area contributed by atoms with Gasteiger partial charge in [0.15, 0.2) is 5.69 Å². The van der Waals surface area contributed by atoms with E-state index in [2.05, 4.69) is 20.7 Å². The number of nitrogens with zero attached hydrogens (tertiary/aromatic N) is 3. The second-order valence-corrected chi connectivity index (χ2v) is 6.96. The Hall–Kier alpha value is -2.64. The first-order valence-corrected chi connectivity index (χ1v) is 9.20. The number of rotatable bonds is 4. The largest absolute Gasteiger partial charge is 0.444 e. The third kappa shape index (κ3) is 4.26. The van der Waals surface area contributed by atoms with Gasteiger partial charge in [0, 0.05) is 24.0 Å². The molecule has 0 aliphatic carbocycles. The Balaban J connectivity index is 0.00000225. The van der Waals surface area contributed by atoms with Crippen LogP contribution in [0.4, 0.5) is 5.69 Å². The molecule has 1 aromatic carbocycles. The molecule has 1 unspecified atom stereocenters. The summed E-state index contributed by atoms with van der Waals surface area (Å²) < 4.78 is 7.39. The molecule has 8 heteroatoms. The van der Waals surface area contributed by atoms with E-state index in [1.807, 2.05) is 42.9 Å². The van der Waals surface area contributed by atoms with Gasteiger partial charge in [0.2, 0.25) is 5.89 Å². The molecule has 2 N–H and O–H groups in total. The van der Waals surface area contributed by atoms with Crippen LogP contribution in [0.1, 0.15) is 40.6 Å². The fourth-order valence-corrected chi connectivity index (χ4v) is 3.32. The summed E-state index contributed by atoms with van der Waals surface area (Å²) in [5, 5.41) is 10.7. The lowest BCUT2D eigenvalue weighted by atomic mass is 10.1. The molecule has 0 spiro atoms. The van der Waals surface area contributed by atoms with Gasteiger partial charge in [0.25, 0.3) is 5.91 Å². The van der Waals surface area contributed by atoms with Crippen LogP contribution in [0.3, 0.4) is 0 Å². The zero-order valence-electron chi connectivity index (χ0n) is 15.9. The molecule has 3 aromatic rings. The van der Waals surface area contributed by atoms with E-state index >= 15 is 0 Å². The van der Waals surface area contributed by atoms with Gasteiger partial charge < -0.3 is 15.1 Å². The normalized spacial score (nSPS) is 16.4. The third-order valence-corrected chi connectivity index (χ3v) is 4.83. The Bertz CT molecular complexity index is 959. The quantitative estimate of drug-likeness (QED) is 0.695. The molecule has 28 heavy (non-hydrogen) atoms. The van der Waals surface area contributed by atoms with E-state index < -0.39 is 0 Å². The highest BCUT2D eigenvalue weighted by Gasteiger charge is 2.18. The van der Waals surface area contributed by atoms with Gasteiger partial charge in [0.1, 0.15) is 6.26 Å². The Labute approximate surface area is 169 Å². The molecule has 7 nitrogen and oxygen atoms in total. The van der Waals surface area contributed by atoms with Crippen molar-refractivity contribution in [3.63, 3.8) is 0 Å². The maximum absolute atomic E-state index is 12.6. The number of carbonyl (C=O) groups excluding carboxylic acids is 1. The van der Waals surface area contributed by atoms with Crippen LogP contribution in [0.2, 0.25) is 0 Å². The van der Waals surface area contributed by atoms with Crippen LogP contribution in [0.5, 0.6) is 0 Å². The monoisotopic (exact) mass is 401 g/mol. The summed E-state index contributed by atoms with van der Waals surface area (Å²) in [6.07, 6.45) is 5.70. The lowest BCUT2D eigenvalue weighted by Gasteiger charge is -2.22. The first-order chi connectivity index (χ1) is 13.1. The van der Waals surface area contributed by atoms with Crippen LogP contribution in [-0.4, -0.2) is 33.8 Å². The van der Waals surface area contributed by atoms with Crippen molar-refractivity contribution in [2.45, 2.75) is 32.7 Å². The lowest BCUT2D eigenvalue weighted by molar-refractivity contribution is 0.102. The van der Waals surface area contributed by atoms with Crippen molar-refractivity contribution in [2.24, 2.45) is 0 Å². The summed E-state index contributed by atoms with van der Waals surface area (Å²) in [6, 6.07) is 7.75. The standard InChI is InChI=1S/C20H23N5O2.ClH/c1-13-5-6-15(10-17(13)20-22-14(2)12-27-20)23-19(26)18-7-9-25(24-18)16-4-3-8-21-11-16;/h5-7,9-10,12,16,21H,3-4,8,11H2,1-2H3,(H,23,26);1H. The molecule has 0 saturated carbocycles. The predicted molar refractivity (Wildman–Crippen MR) is 110 cm³/mol. The second kappa shape index (κ2) is 8.58. The summed E-state index contributed by atoms with van der Waals surface area (Å²) >= 11 is 0. The molecule has 1 fully saturated rings. The fraction of sp³-hybridized carbons (Fsp3) is 0.350. The predicted octanol–water partition coefficient (Wildman–Crippen LogP) is 3.75. The summed E-state index contributed by atoms with van der Waals surface area (Å²) in [7, 11) is 0. The summed E-state index contributed by atoms with van der Waals surface area (Å²) in [5.41, 5.74) is 3.81. The number of anilines is 1. The zero-order valence-corrected chi connectivity index (χ0v) is 16.8. The van der Waals surface area contributed by atoms with E-state index in [-0.39, 0.29) is 18.3 Å².